The SMILES string of the molecule is CCOc1ccccc1N(Cc1ccc(C(=O)NCCOc2ccc(C)c(Cl)c2)cc1)S(C)(=O)=O. The van der Waals surface area contributed by atoms with Crippen LogP contribution in [0.1, 0.15) is 28.4 Å². The Morgan fingerprint density at radius 2 is 1.74 bits per heavy atom. The molecule has 0 aliphatic heterocycles. The van der Waals surface area contributed by atoms with Crippen LogP contribution in [-0.4, -0.2) is 40.3 Å². The van der Waals surface area contributed by atoms with Crippen LogP contribution in [0, 0.1) is 6.92 Å². The van der Waals surface area contributed by atoms with Gasteiger partial charge in [-0.2, -0.15) is 0 Å². The van der Waals surface area contributed by atoms with Crippen molar-refractivity contribution in [2.75, 3.05) is 30.3 Å². The Morgan fingerprint density at radius 1 is 1.03 bits per heavy atom. The number of nitrogens with one attached hydrogen (secondary N) is 1. The number of benzene rings is 3. The molecule has 35 heavy (non-hydrogen) atoms. The Hall–Kier alpha value is -3.23. The number of hydrogen-bond donors (Lipinski definition) is 1. The van der Waals surface area contributed by atoms with E-state index in [9.17, 15) is 13.2 Å². The van der Waals surface area contributed by atoms with E-state index in [1.807, 2.05) is 26.0 Å². The molecular formula is C26H29ClN2O5S. The van der Waals surface area contributed by atoms with Crippen molar-refractivity contribution in [3.8, 4) is 11.5 Å². The molecule has 0 aromatic heterocycles. The van der Waals surface area contributed by atoms with Crippen LogP contribution < -0.4 is 19.1 Å². The first kappa shape index (κ1) is 26.4. The van der Waals surface area contributed by atoms with Gasteiger partial charge in [0.15, 0.2) is 0 Å². The zero-order valence-corrected chi connectivity index (χ0v) is 21.5. The standard InChI is InChI=1S/C26H29ClN2O5S/c1-4-33-25-8-6-5-7-24(25)29(35(3,31)32)18-20-10-12-21(13-11-20)26(30)28-15-16-34-22-14-9-19(2)23(27)17-22/h5-14,17H,4,15-16,18H2,1-3H3,(H,28,30). The molecule has 0 saturated heterocycles. The summed E-state index contributed by atoms with van der Waals surface area (Å²) in [6.07, 6.45) is 1.16. The van der Waals surface area contributed by atoms with Gasteiger partial charge in [-0.05, 0) is 61.4 Å². The summed E-state index contributed by atoms with van der Waals surface area (Å²) in [6, 6.07) is 19.3. The molecule has 0 saturated carbocycles. The van der Waals surface area contributed by atoms with Crippen molar-refractivity contribution in [1.29, 1.82) is 0 Å². The van der Waals surface area contributed by atoms with Gasteiger partial charge >= 0.3 is 0 Å². The lowest BCUT2D eigenvalue weighted by molar-refractivity contribution is 0.0947. The molecule has 3 aromatic carbocycles. The predicted octanol–water partition coefficient (Wildman–Crippen LogP) is 4.82. The lowest BCUT2D eigenvalue weighted by Gasteiger charge is -2.24. The topological polar surface area (TPSA) is 84.9 Å². The molecular weight excluding hydrogens is 488 g/mol. The lowest BCUT2D eigenvalue weighted by Crippen LogP contribution is -2.30. The molecule has 9 heteroatoms. The van der Waals surface area contributed by atoms with Gasteiger partial charge in [0.25, 0.3) is 5.91 Å². The highest BCUT2D eigenvalue weighted by atomic mass is 35.5. The Bertz CT molecular complexity index is 1260. The number of sulfonamides is 1. The first-order chi connectivity index (χ1) is 16.7. The third-order valence-electron chi connectivity index (χ3n) is 5.18. The number of amides is 1. The number of nitrogens with zero attached hydrogens (tertiary/aromatic N) is 1. The van der Waals surface area contributed by atoms with Gasteiger partial charge in [-0.1, -0.05) is 41.9 Å². The number of ether oxygens (including phenoxy) is 2. The van der Waals surface area contributed by atoms with Gasteiger partial charge in [-0.3, -0.25) is 9.10 Å². The molecule has 3 rings (SSSR count). The third-order valence-corrected chi connectivity index (χ3v) is 6.71. The number of rotatable bonds is 11. The number of carbonyl (C=O) groups is 1. The fraction of sp³-hybridized carbons (Fsp3) is 0.269. The fourth-order valence-corrected chi connectivity index (χ4v) is 4.41. The summed E-state index contributed by atoms with van der Waals surface area (Å²) >= 11 is 6.09. The largest absolute Gasteiger partial charge is 0.492 e. The van der Waals surface area contributed by atoms with E-state index < -0.39 is 10.0 Å². The monoisotopic (exact) mass is 516 g/mol. The second kappa shape index (κ2) is 12.0. The minimum Gasteiger partial charge on any atom is -0.492 e. The summed E-state index contributed by atoms with van der Waals surface area (Å²) in [7, 11) is -3.57. The highest BCUT2D eigenvalue weighted by Crippen LogP contribution is 2.31. The van der Waals surface area contributed by atoms with Crippen molar-refractivity contribution in [3.63, 3.8) is 0 Å². The Kier molecular flexibility index (Phi) is 9.01. The maximum Gasteiger partial charge on any atom is 0.251 e. The van der Waals surface area contributed by atoms with Gasteiger partial charge in [-0.15, -0.1) is 0 Å². The summed E-state index contributed by atoms with van der Waals surface area (Å²) in [6.45, 7) is 4.90. The molecule has 0 aliphatic rings. The van der Waals surface area contributed by atoms with Crippen LogP contribution >= 0.6 is 11.6 Å². The molecule has 1 N–H and O–H groups in total. The summed E-state index contributed by atoms with van der Waals surface area (Å²) in [5, 5.41) is 3.43. The van der Waals surface area contributed by atoms with Gasteiger partial charge < -0.3 is 14.8 Å². The van der Waals surface area contributed by atoms with Gasteiger partial charge in [0.2, 0.25) is 10.0 Å². The highest BCUT2D eigenvalue weighted by Gasteiger charge is 2.21. The Morgan fingerprint density at radius 3 is 2.40 bits per heavy atom. The van der Waals surface area contributed by atoms with Gasteiger partial charge in [0.05, 0.1) is 31.6 Å². The van der Waals surface area contributed by atoms with Crippen molar-refractivity contribution >= 4 is 33.2 Å². The lowest BCUT2D eigenvalue weighted by atomic mass is 10.1. The molecule has 0 spiro atoms. The quantitative estimate of drug-likeness (QED) is 0.369. The molecule has 0 aliphatic carbocycles. The van der Waals surface area contributed by atoms with Crippen LogP contribution in [0.5, 0.6) is 11.5 Å². The molecule has 1 amide bonds. The average molecular weight is 517 g/mol. The van der Waals surface area contributed by atoms with E-state index in [1.54, 1.807) is 54.6 Å². The Balaban J connectivity index is 1.60. The van der Waals surface area contributed by atoms with E-state index >= 15 is 0 Å². The van der Waals surface area contributed by atoms with Crippen LogP contribution in [0.3, 0.4) is 0 Å². The van der Waals surface area contributed by atoms with Crippen molar-refractivity contribution < 1.29 is 22.7 Å². The number of halogens is 1. The van der Waals surface area contributed by atoms with Crippen LogP contribution in [-0.2, 0) is 16.6 Å². The number of anilines is 1. The van der Waals surface area contributed by atoms with E-state index in [-0.39, 0.29) is 12.5 Å². The van der Waals surface area contributed by atoms with Crippen LogP contribution in [0.2, 0.25) is 5.02 Å². The van der Waals surface area contributed by atoms with Crippen LogP contribution in [0.4, 0.5) is 5.69 Å². The zero-order chi connectivity index (χ0) is 25.4. The van der Waals surface area contributed by atoms with E-state index in [0.29, 0.717) is 47.5 Å². The van der Waals surface area contributed by atoms with E-state index in [4.69, 9.17) is 21.1 Å². The van der Waals surface area contributed by atoms with Gasteiger partial charge in [0.1, 0.15) is 18.1 Å². The molecule has 186 valence electrons. The number of aryl methyl sites for hydroxylation is 1. The summed E-state index contributed by atoms with van der Waals surface area (Å²) in [5.74, 6) is 0.885. The average Bonchev–Trinajstić information content (AvgIpc) is 2.83. The molecule has 3 aromatic rings. The maximum atomic E-state index is 12.5. The molecule has 0 atom stereocenters. The van der Waals surface area contributed by atoms with E-state index in [0.717, 1.165) is 17.4 Å². The Labute approximate surface area is 211 Å². The smallest absolute Gasteiger partial charge is 0.251 e. The fourth-order valence-electron chi connectivity index (χ4n) is 3.35. The number of carbonyl (C=O) groups excluding carboxylic acids is 1. The normalized spacial score (nSPS) is 11.1. The molecule has 7 nitrogen and oxygen atoms in total. The van der Waals surface area contributed by atoms with Gasteiger partial charge in [-0.25, -0.2) is 8.42 Å². The predicted molar refractivity (Wildman–Crippen MR) is 139 cm³/mol. The first-order valence-electron chi connectivity index (χ1n) is 11.1. The molecule has 0 radical (unpaired) electrons. The first-order valence-corrected chi connectivity index (χ1v) is 13.4. The highest BCUT2D eigenvalue weighted by molar-refractivity contribution is 7.92. The summed E-state index contributed by atoms with van der Waals surface area (Å²) in [4.78, 5) is 12.5. The second-order valence-corrected chi connectivity index (χ2v) is 10.2. The minimum atomic E-state index is -3.57. The molecule has 0 bridgehead atoms. The summed E-state index contributed by atoms with van der Waals surface area (Å²) < 4.78 is 37.6. The van der Waals surface area contributed by atoms with E-state index in [1.165, 1.54) is 4.31 Å². The van der Waals surface area contributed by atoms with Crippen molar-refractivity contribution in [3.05, 3.63) is 88.4 Å². The zero-order valence-electron chi connectivity index (χ0n) is 20.0. The van der Waals surface area contributed by atoms with Crippen molar-refractivity contribution in [2.45, 2.75) is 20.4 Å². The molecule has 0 heterocycles. The molecule has 0 unspecified atom stereocenters. The number of para-hydroxylation sites is 2. The second-order valence-electron chi connectivity index (χ2n) is 7.88. The van der Waals surface area contributed by atoms with E-state index in [2.05, 4.69) is 5.32 Å². The number of hydrogen-bond acceptors (Lipinski definition) is 5. The maximum absolute atomic E-state index is 12.5. The summed E-state index contributed by atoms with van der Waals surface area (Å²) in [5.41, 5.74) is 2.63. The van der Waals surface area contributed by atoms with Crippen LogP contribution in [0.25, 0.3) is 0 Å². The van der Waals surface area contributed by atoms with Gasteiger partial charge in [0, 0.05) is 10.6 Å². The minimum absolute atomic E-state index is 0.109. The van der Waals surface area contributed by atoms with Crippen molar-refractivity contribution in [2.24, 2.45) is 0 Å². The molecule has 0 fully saturated rings. The third kappa shape index (κ3) is 7.37. The van der Waals surface area contributed by atoms with Crippen LogP contribution in [0.15, 0.2) is 66.7 Å². The van der Waals surface area contributed by atoms with Crippen molar-refractivity contribution in [1.82, 2.24) is 5.32 Å².